The lowest BCUT2D eigenvalue weighted by atomic mass is 10.0. The molecule has 1 aromatic carbocycles. The first kappa shape index (κ1) is 16.7. The van der Waals surface area contributed by atoms with Crippen LogP contribution in [-0.4, -0.2) is 10.9 Å². The van der Waals surface area contributed by atoms with Crippen molar-refractivity contribution in [1.29, 1.82) is 0 Å². The molecule has 1 atom stereocenters. The van der Waals surface area contributed by atoms with E-state index in [1.165, 1.54) is 11.3 Å². The highest BCUT2D eigenvalue weighted by Crippen LogP contribution is 2.24. The summed E-state index contributed by atoms with van der Waals surface area (Å²) in [6.45, 7) is 2.04. The van der Waals surface area contributed by atoms with Crippen molar-refractivity contribution in [1.82, 2.24) is 10.3 Å². The molecule has 0 spiro atoms. The Kier molecular flexibility index (Phi) is 5.33. The van der Waals surface area contributed by atoms with Crippen LogP contribution in [0.3, 0.4) is 0 Å². The summed E-state index contributed by atoms with van der Waals surface area (Å²) in [5.41, 5.74) is 1.79. The number of carbonyl (C=O) groups is 1. The summed E-state index contributed by atoms with van der Waals surface area (Å²) in [6.07, 6.45) is 2.67. The highest BCUT2D eigenvalue weighted by atomic mass is 35.5. The average Bonchev–Trinajstić information content (AvgIpc) is 3.24. The van der Waals surface area contributed by atoms with Crippen LogP contribution < -0.4 is 5.32 Å². The van der Waals surface area contributed by atoms with Gasteiger partial charge in [-0.25, -0.2) is 4.98 Å². The standard InChI is InChI=1S/C18H17ClN2O2S/c1-2-15(12-5-7-13(19)8-6-12)21-17(22)10-14-11-24-18(20-14)16-4-3-9-23-16/h3-9,11,15H,2,10H2,1H3,(H,21,22). The molecule has 0 aliphatic heterocycles. The zero-order valence-electron chi connectivity index (χ0n) is 13.2. The molecule has 0 saturated heterocycles. The lowest BCUT2D eigenvalue weighted by Gasteiger charge is -2.17. The maximum absolute atomic E-state index is 12.3. The Labute approximate surface area is 149 Å². The van der Waals surface area contributed by atoms with Crippen LogP contribution >= 0.6 is 22.9 Å². The van der Waals surface area contributed by atoms with Gasteiger partial charge in [-0.2, -0.15) is 0 Å². The van der Waals surface area contributed by atoms with Crippen molar-refractivity contribution >= 4 is 28.8 Å². The molecule has 1 N–H and O–H groups in total. The Morgan fingerprint density at radius 3 is 2.79 bits per heavy atom. The quantitative estimate of drug-likeness (QED) is 0.682. The van der Waals surface area contributed by atoms with Gasteiger partial charge in [-0.15, -0.1) is 11.3 Å². The highest BCUT2D eigenvalue weighted by Gasteiger charge is 2.15. The molecule has 4 nitrogen and oxygen atoms in total. The van der Waals surface area contributed by atoms with Crippen LogP contribution in [0, 0.1) is 0 Å². The summed E-state index contributed by atoms with van der Waals surface area (Å²) >= 11 is 7.39. The molecule has 3 aromatic rings. The number of amides is 1. The number of halogens is 1. The number of nitrogens with zero attached hydrogens (tertiary/aromatic N) is 1. The third-order valence-corrected chi connectivity index (χ3v) is 4.80. The summed E-state index contributed by atoms with van der Waals surface area (Å²) in [4.78, 5) is 16.8. The van der Waals surface area contributed by atoms with Gasteiger partial charge in [0.05, 0.1) is 24.4 Å². The number of carbonyl (C=O) groups excluding carboxylic acids is 1. The summed E-state index contributed by atoms with van der Waals surface area (Å²) in [5.74, 6) is 0.673. The second-order valence-electron chi connectivity index (χ2n) is 5.38. The van der Waals surface area contributed by atoms with E-state index < -0.39 is 0 Å². The van der Waals surface area contributed by atoms with Crippen LogP contribution in [-0.2, 0) is 11.2 Å². The predicted octanol–water partition coefficient (Wildman–Crippen LogP) is 4.87. The Bertz CT molecular complexity index is 797. The number of hydrogen-bond donors (Lipinski definition) is 1. The van der Waals surface area contributed by atoms with Gasteiger partial charge in [0.25, 0.3) is 0 Å². The minimum Gasteiger partial charge on any atom is -0.462 e. The lowest BCUT2D eigenvalue weighted by molar-refractivity contribution is -0.121. The third-order valence-electron chi connectivity index (χ3n) is 3.64. The van der Waals surface area contributed by atoms with E-state index >= 15 is 0 Å². The molecular weight excluding hydrogens is 344 g/mol. The van der Waals surface area contributed by atoms with Gasteiger partial charge in [-0.05, 0) is 36.2 Å². The summed E-state index contributed by atoms with van der Waals surface area (Å²) < 4.78 is 5.32. The van der Waals surface area contributed by atoms with E-state index in [1.54, 1.807) is 6.26 Å². The molecule has 0 aliphatic carbocycles. The van der Waals surface area contributed by atoms with Gasteiger partial charge in [-0.1, -0.05) is 30.7 Å². The first-order chi connectivity index (χ1) is 11.7. The first-order valence-electron chi connectivity index (χ1n) is 7.69. The molecular formula is C18H17ClN2O2S. The molecule has 24 heavy (non-hydrogen) atoms. The molecule has 124 valence electrons. The Morgan fingerprint density at radius 1 is 1.33 bits per heavy atom. The van der Waals surface area contributed by atoms with Gasteiger partial charge in [0, 0.05) is 10.4 Å². The average molecular weight is 361 g/mol. The maximum Gasteiger partial charge on any atom is 0.226 e. The molecule has 0 bridgehead atoms. The zero-order chi connectivity index (χ0) is 16.9. The second-order valence-corrected chi connectivity index (χ2v) is 6.67. The molecule has 2 aromatic heterocycles. The number of furan rings is 1. The van der Waals surface area contributed by atoms with Crippen LogP contribution in [0.2, 0.25) is 5.02 Å². The second kappa shape index (κ2) is 7.64. The van der Waals surface area contributed by atoms with Crippen LogP contribution in [0.1, 0.15) is 30.6 Å². The molecule has 0 radical (unpaired) electrons. The van der Waals surface area contributed by atoms with Gasteiger partial charge in [0.15, 0.2) is 10.8 Å². The molecule has 0 fully saturated rings. The summed E-state index contributed by atoms with van der Waals surface area (Å²) in [7, 11) is 0. The van der Waals surface area contributed by atoms with Gasteiger partial charge in [0.2, 0.25) is 5.91 Å². The summed E-state index contributed by atoms with van der Waals surface area (Å²) in [6, 6.07) is 11.2. The lowest BCUT2D eigenvalue weighted by Crippen LogP contribution is -2.29. The van der Waals surface area contributed by atoms with Gasteiger partial charge >= 0.3 is 0 Å². The Balaban J connectivity index is 1.63. The van der Waals surface area contributed by atoms with E-state index in [0.29, 0.717) is 5.02 Å². The van der Waals surface area contributed by atoms with Crippen LogP contribution in [0.5, 0.6) is 0 Å². The minimum absolute atomic E-state index is 0.0297. The van der Waals surface area contributed by atoms with Crippen molar-refractivity contribution in [2.24, 2.45) is 0 Å². The Morgan fingerprint density at radius 2 is 2.12 bits per heavy atom. The van der Waals surface area contributed by atoms with E-state index in [0.717, 1.165) is 28.4 Å². The maximum atomic E-state index is 12.3. The molecule has 1 unspecified atom stereocenters. The van der Waals surface area contributed by atoms with Crippen LogP contribution in [0.25, 0.3) is 10.8 Å². The van der Waals surface area contributed by atoms with Crippen LogP contribution in [0.15, 0.2) is 52.5 Å². The zero-order valence-corrected chi connectivity index (χ0v) is 14.7. The fourth-order valence-electron chi connectivity index (χ4n) is 2.43. The number of aromatic nitrogens is 1. The molecule has 0 aliphatic rings. The summed E-state index contributed by atoms with van der Waals surface area (Å²) in [5, 5.41) is 6.42. The van der Waals surface area contributed by atoms with Crippen molar-refractivity contribution in [2.45, 2.75) is 25.8 Å². The smallest absolute Gasteiger partial charge is 0.226 e. The van der Waals surface area contributed by atoms with E-state index in [9.17, 15) is 4.79 Å². The molecule has 0 saturated carbocycles. The van der Waals surface area contributed by atoms with E-state index in [4.69, 9.17) is 16.0 Å². The molecule has 3 rings (SSSR count). The largest absolute Gasteiger partial charge is 0.462 e. The third kappa shape index (κ3) is 4.04. The van der Waals surface area contributed by atoms with Crippen molar-refractivity contribution in [3.63, 3.8) is 0 Å². The molecule has 6 heteroatoms. The van der Waals surface area contributed by atoms with Crippen molar-refractivity contribution in [3.05, 3.63) is 64.3 Å². The number of benzene rings is 1. The van der Waals surface area contributed by atoms with Crippen molar-refractivity contribution < 1.29 is 9.21 Å². The van der Waals surface area contributed by atoms with E-state index in [1.807, 2.05) is 48.7 Å². The first-order valence-corrected chi connectivity index (χ1v) is 8.94. The Hall–Kier alpha value is -2.11. The SMILES string of the molecule is CCC(NC(=O)Cc1csc(-c2ccco2)n1)c1ccc(Cl)cc1. The molecule has 2 heterocycles. The normalized spacial score (nSPS) is 12.1. The number of thiazole rings is 1. The minimum atomic E-state index is -0.0481. The fraction of sp³-hybridized carbons (Fsp3) is 0.222. The number of rotatable bonds is 6. The number of hydrogen-bond acceptors (Lipinski definition) is 4. The highest BCUT2D eigenvalue weighted by molar-refractivity contribution is 7.13. The van der Waals surface area contributed by atoms with Crippen molar-refractivity contribution in [3.8, 4) is 10.8 Å². The van der Waals surface area contributed by atoms with Gasteiger partial charge < -0.3 is 9.73 Å². The van der Waals surface area contributed by atoms with E-state index in [2.05, 4.69) is 10.3 Å². The molecule has 1 amide bonds. The van der Waals surface area contributed by atoms with E-state index in [-0.39, 0.29) is 18.4 Å². The van der Waals surface area contributed by atoms with Gasteiger partial charge in [-0.3, -0.25) is 4.79 Å². The predicted molar refractivity (Wildman–Crippen MR) is 96.1 cm³/mol. The topological polar surface area (TPSA) is 55.1 Å². The van der Waals surface area contributed by atoms with Gasteiger partial charge in [0.1, 0.15) is 0 Å². The van der Waals surface area contributed by atoms with Crippen molar-refractivity contribution in [2.75, 3.05) is 0 Å². The fourth-order valence-corrected chi connectivity index (χ4v) is 3.34. The monoisotopic (exact) mass is 360 g/mol. The van der Waals surface area contributed by atoms with Crippen LogP contribution in [0.4, 0.5) is 0 Å². The number of nitrogens with one attached hydrogen (secondary N) is 1.